The third-order valence-electron chi connectivity index (χ3n) is 4.07. The second kappa shape index (κ2) is 6.24. The smallest absolute Gasteiger partial charge is 0.258 e. The summed E-state index contributed by atoms with van der Waals surface area (Å²) in [4.78, 5) is 14.6. The molecule has 0 saturated heterocycles. The van der Waals surface area contributed by atoms with Gasteiger partial charge in [-0.2, -0.15) is 0 Å². The van der Waals surface area contributed by atoms with E-state index in [4.69, 9.17) is 0 Å². The number of hydrogen-bond donors (Lipinski definition) is 0. The number of hydrogen-bond acceptors (Lipinski definition) is 3. The molecule has 0 spiro atoms. The van der Waals surface area contributed by atoms with E-state index < -0.39 is 15.9 Å². The molecule has 1 amide bonds. The van der Waals surface area contributed by atoms with Crippen LogP contribution in [0.3, 0.4) is 0 Å². The summed E-state index contributed by atoms with van der Waals surface area (Å²) in [7, 11) is -3.25. The maximum Gasteiger partial charge on any atom is 0.258 e. The van der Waals surface area contributed by atoms with Crippen molar-refractivity contribution in [3.8, 4) is 0 Å². The van der Waals surface area contributed by atoms with Gasteiger partial charge < -0.3 is 4.90 Å². The van der Waals surface area contributed by atoms with Crippen LogP contribution in [0.1, 0.15) is 21.5 Å². The van der Waals surface area contributed by atoms with Gasteiger partial charge >= 0.3 is 0 Å². The highest BCUT2D eigenvalue weighted by Crippen LogP contribution is 2.25. The summed E-state index contributed by atoms with van der Waals surface area (Å²) in [6, 6.07) is 14.3. The van der Waals surface area contributed by atoms with Crippen molar-refractivity contribution >= 4 is 21.4 Å². The molecular weight excluding hydrogens is 322 g/mol. The zero-order valence-corrected chi connectivity index (χ0v) is 14.5. The number of benzene rings is 2. The molecule has 1 heterocycles. The van der Waals surface area contributed by atoms with E-state index in [-0.39, 0.29) is 11.7 Å². The standard InChI is InChI=1S/C19H19NO3S/c1-14-3-7-16(8-4-14)19(21)20(17-9-5-15(2)6-10-17)18-11-12-24(22,23)13-18/h3-12,18H,13H2,1-2H3/t18-/m1/s1. The molecule has 1 aliphatic rings. The van der Waals surface area contributed by atoms with Crippen LogP contribution in [0.5, 0.6) is 0 Å². The molecule has 3 rings (SSSR count). The van der Waals surface area contributed by atoms with Crippen molar-refractivity contribution in [1.29, 1.82) is 0 Å². The van der Waals surface area contributed by atoms with Crippen LogP contribution in [0.2, 0.25) is 0 Å². The van der Waals surface area contributed by atoms with Crippen LogP contribution >= 0.6 is 0 Å². The molecule has 1 aliphatic heterocycles. The number of carbonyl (C=O) groups excluding carboxylic acids is 1. The summed E-state index contributed by atoms with van der Waals surface area (Å²) in [6.45, 7) is 3.92. The molecule has 0 radical (unpaired) electrons. The molecule has 0 bridgehead atoms. The average Bonchev–Trinajstić information content (AvgIpc) is 2.90. The zero-order chi connectivity index (χ0) is 17.3. The molecule has 0 aromatic heterocycles. The predicted molar refractivity (Wildman–Crippen MR) is 95.9 cm³/mol. The molecule has 4 nitrogen and oxygen atoms in total. The molecule has 5 heteroatoms. The lowest BCUT2D eigenvalue weighted by atomic mass is 10.1. The summed E-state index contributed by atoms with van der Waals surface area (Å²) in [5, 5.41) is 1.20. The van der Waals surface area contributed by atoms with Crippen molar-refractivity contribution in [1.82, 2.24) is 0 Å². The Balaban J connectivity index is 2.01. The summed E-state index contributed by atoms with van der Waals surface area (Å²) >= 11 is 0. The Labute approximate surface area is 142 Å². The molecular formula is C19H19NO3S. The lowest BCUT2D eigenvalue weighted by molar-refractivity contribution is 0.0983. The highest BCUT2D eigenvalue weighted by atomic mass is 32.2. The van der Waals surface area contributed by atoms with E-state index in [2.05, 4.69) is 0 Å². The fourth-order valence-electron chi connectivity index (χ4n) is 2.72. The molecule has 1 atom stereocenters. The Morgan fingerprint density at radius 1 is 0.958 bits per heavy atom. The minimum atomic E-state index is -3.25. The number of sulfone groups is 1. The van der Waals surface area contributed by atoms with Gasteiger partial charge in [0.1, 0.15) is 0 Å². The van der Waals surface area contributed by atoms with Gasteiger partial charge in [-0.1, -0.05) is 35.4 Å². The summed E-state index contributed by atoms with van der Waals surface area (Å²) in [5.74, 6) is -0.288. The lowest BCUT2D eigenvalue weighted by Gasteiger charge is -2.28. The number of anilines is 1. The zero-order valence-electron chi connectivity index (χ0n) is 13.6. The van der Waals surface area contributed by atoms with Gasteiger partial charge in [0.15, 0.2) is 9.84 Å². The van der Waals surface area contributed by atoms with Crippen LogP contribution in [0, 0.1) is 13.8 Å². The quantitative estimate of drug-likeness (QED) is 0.861. The van der Waals surface area contributed by atoms with Gasteiger partial charge in [0.2, 0.25) is 0 Å². The van der Waals surface area contributed by atoms with Crippen molar-refractivity contribution < 1.29 is 13.2 Å². The molecule has 0 aliphatic carbocycles. The Morgan fingerprint density at radius 3 is 2.00 bits per heavy atom. The largest absolute Gasteiger partial charge is 0.300 e. The van der Waals surface area contributed by atoms with Gasteiger partial charge in [0, 0.05) is 16.7 Å². The Kier molecular flexibility index (Phi) is 4.28. The second-order valence-corrected chi connectivity index (χ2v) is 8.03. The van der Waals surface area contributed by atoms with Crippen LogP contribution < -0.4 is 4.90 Å². The van der Waals surface area contributed by atoms with Gasteiger partial charge in [-0.25, -0.2) is 8.42 Å². The van der Waals surface area contributed by atoms with Gasteiger partial charge in [0.25, 0.3) is 5.91 Å². The molecule has 24 heavy (non-hydrogen) atoms. The molecule has 0 unspecified atom stereocenters. The Hall–Kier alpha value is -2.40. The fourth-order valence-corrected chi connectivity index (χ4v) is 3.99. The van der Waals surface area contributed by atoms with Crippen LogP contribution in [0.25, 0.3) is 0 Å². The van der Waals surface area contributed by atoms with E-state index in [0.29, 0.717) is 11.3 Å². The molecule has 2 aromatic carbocycles. The molecule has 0 saturated carbocycles. The van der Waals surface area contributed by atoms with Crippen LogP contribution in [0.4, 0.5) is 5.69 Å². The van der Waals surface area contributed by atoms with Crippen LogP contribution in [-0.4, -0.2) is 26.1 Å². The first kappa shape index (κ1) is 16.5. The first-order chi connectivity index (χ1) is 11.4. The van der Waals surface area contributed by atoms with E-state index in [1.807, 2.05) is 50.2 Å². The second-order valence-electron chi connectivity index (χ2n) is 6.10. The van der Waals surface area contributed by atoms with Crippen molar-refractivity contribution in [3.63, 3.8) is 0 Å². The Bertz CT molecular complexity index is 881. The third kappa shape index (κ3) is 3.41. The van der Waals surface area contributed by atoms with E-state index in [1.54, 1.807) is 23.1 Å². The maximum absolute atomic E-state index is 13.0. The highest BCUT2D eigenvalue weighted by Gasteiger charge is 2.31. The minimum absolute atomic E-state index is 0.0848. The van der Waals surface area contributed by atoms with Gasteiger partial charge in [-0.15, -0.1) is 0 Å². The number of nitrogens with zero attached hydrogens (tertiary/aromatic N) is 1. The lowest BCUT2D eigenvalue weighted by Crippen LogP contribution is -2.41. The van der Waals surface area contributed by atoms with Crippen molar-refractivity contribution in [2.24, 2.45) is 0 Å². The van der Waals surface area contributed by atoms with E-state index in [1.165, 1.54) is 5.41 Å². The maximum atomic E-state index is 13.0. The van der Waals surface area contributed by atoms with E-state index in [0.717, 1.165) is 11.1 Å². The monoisotopic (exact) mass is 341 g/mol. The van der Waals surface area contributed by atoms with Crippen LogP contribution in [-0.2, 0) is 9.84 Å². The molecule has 0 fully saturated rings. The SMILES string of the molecule is Cc1ccc(C(=O)N(c2ccc(C)cc2)[C@@H]2C=CS(=O)(=O)C2)cc1. The Morgan fingerprint density at radius 2 is 1.50 bits per heavy atom. The molecule has 124 valence electrons. The van der Waals surface area contributed by atoms with Crippen molar-refractivity contribution in [2.45, 2.75) is 19.9 Å². The topological polar surface area (TPSA) is 54.5 Å². The van der Waals surface area contributed by atoms with Gasteiger partial charge in [0.05, 0.1) is 11.8 Å². The van der Waals surface area contributed by atoms with Crippen LogP contribution in [0.15, 0.2) is 60.0 Å². The first-order valence-corrected chi connectivity index (χ1v) is 9.45. The third-order valence-corrected chi connectivity index (χ3v) is 5.45. The highest BCUT2D eigenvalue weighted by molar-refractivity contribution is 7.94. The normalized spacial score (nSPS) is 18.5. The van der Waals surface area contributed by atoms with Gasteiger partial charge in [-0.3, -0.25) is 4.79 Å². The summed E-state index contributed by atoms with van der Waals surface area (Å²) in [5.41, 5.74) is 3.38. The number of amides is 1. The fraction of sp³-hybridized carbons (Fsp3) is 0.211. The average molecular weight is 341 g/mol. The van der Waals surface area contributed by atoms with Crippen molar-refractivity contribution in [2.75, 3.05) is 10.7 Å². The van der Waals surface area contributed by atoms with E-state index >= 15 is 0 Å². The number of carbonyl (C=O) groups is 1. The van der Waals surface area contributed by atoms with Gasteiger partial charge in [-0.05, 0) is 44.2 Å². The summed E-state index contributed by atoms with van der Waals surface area (Å²) in [6.07, 6.45) is 1.58. The molecule has 0 N–H and O–H groups in total. The predicted octanol–water partition coefficient (Wildman–Crippen LogP) is 3.26. The van der Waals surface area contributed by atoms with E-state index in [9.17, 15) is 13.2 Å². The van der Waals surface area contributed by atoms with Crippen molar-refractivity contribution in [3.05, 3.63) is 76.7 Å². The number of aryl methyl sites for hydroxylation is 2. The molecule has 2 aromatic rings. The minimum Gasteiger partial charge on any atom is -0.300 e. The summed E-state index contributed by atoms with van der Waals surface area (Å²) < 4.78 is 23.6. The number of rotatable bonds is 3. The first-order valence-electron chi connectivity index (χ1n) is 7.73.